The van der Waals surface area contributed by atoms with Crippen LogP contribution < -0.4 is 19.4 Å². The molecule has 0 atom stereocenters. The summed E-state index contributed by atoms with van der Waals surface area (Å²) in [6.07, 6.45) is 3.63. The Morgan fingerprint density at radius 2 is 1.96 bits per heavy atom. The molecule has 0 saturated carbocycles. The monoisotopic (exact) mass is 377 g/mol. The van der Waals surface area contributed by atoms with E-state index in [0.717, 1.165) is 34.1 Å². The highest BCUT2D eigenvalue weighted by molar-refractivity contribution is 5.76. The van der Waals surface area contributed by atoms with Crippen LogP contribution in [-0.4, -0.2) is 16.4 Å². The number of hydrogen-bond donors (Lipinski definition) is 1. The van der Waals surface area contributed by atoms with Crippen LogP contribution in [0.2, 0.25) is 0 Å². The summed E-state index contributed by atoms with van der Waals surface area (Å²) in [4.78, 5) is 0. The average Bonchev–Trinajstić information content (AvgIpc) is 3.35. The second-order valence-electron chi connectivity index (χ2n) is 6.63. The highest BCUT2D eigenvalue weighted by atomic mass is 19.1. The minimum absolute atomic E-state index is 0.258. The summed E-state index contributed by atoms with van der Waals surface area (Å²) < 4.78 is 28.8. The number of ether oxygens (including phenoxy) is 2. The molecular formula is C21H18FN4O2+. The van der Waals surface area contributed by atoms with E-state index in [1.807, 2.05) is 48.1 Å². The molecule has 7 heteroatoms. The normalized spacial score (nSPS) is 12.5. The fourth-order valence-electron chi connectivity index (χ4n) is 3.43. The lowest BCUT2D eigenvalue weighted by Crippen LogP contribution is -2.31. The molecule has 0 fully saturated rings. The molecule has 0 aliphatic carbocycles. The van der Waals surface area contributed by atoms with Gasteiger partial charge in [0.25, 0.3) is 0 Å². The summed E-state index contributed by atoms with van der Waals surface area (Å²) in [7, 11) is 1.92. The minimum Gasteiger partial charge on any atom is -0.454 e. The van der Waals surface area contributed by atoms with Crippen LogP contribution in [0.5, 0.6) is 11.5 Å². The Kier molecular flexibility index (Phi) is 3.86. The third kappa shape index (κ3) is 2.72. The molecule has 2 aromatic heterocycles. The number of rotatable bonds is 4. The van der Waals surface area contributed by atoms with Crippen molar-refractivity contribution >= 4 is 11.5 Å². The van der Waals surface area contributed by atoms with Gasteiger partial charge in [-0.3, -0.25) is 0 Å². The van der Waals surface area contributed by atoms with Gasteiger partial charge in [-0.25, -0.2) is 8.96 Å². The lowest BCUT2D eigenvalue weighted by Gasteiger charge is -2.07. The molecule has 1 aliphatic rings. The van der Waals surface area contributed by atoms with E-state index >= 15 is 0 Å². The summed E-state index contributed by atoms with van der Waals surface area (Å²) in [5, 5.41) is 7.89. The third-order valence-electron chi connectivity index (χ3n) is 4.84. The number of anilines is 1. The van der Waals surface area contributed by atoms with Gasteiger partial charge in [-0.15, -0.1) is 0 Å². The Morgan fingerprint density at radius 1 is 1.11 bits per heavy atom. The van der Waals surface area contributed by atoms with Gasteiger partial charge in [0.2, 0.25) is 12.6 Å². The predicted octanol–water partition coefficient (Wildman–Crippen LogP) is 3.31. The van der Waals surface area contributed by atoms with Gasteiger partial charge in [0.15, 0.2) is 11.5 Å². The number of nitrogens with one attached hydrogen (secondary N) is 1. The maximum Gasteiger partial charge on any atom is 0.318 e. The molecule has 28 heavy (non-hydrogen) atoms. The van der Waals surface area contributed by atoms with E-state index in [-0.39, 0.29) is 12.6 Å². The van der Waals surface area contributed by atoms with Gasteiger partial charge in [0.1, 0.15) is 5.82 Å². The van der Waals surface area contributed by atoms with Crippen molar-refractivity contribution in [1.82, 2.24) is 9.61 Å². The lowest BCUT2D eigenvalue weighted by molar-refractivity contribution is -0.648. The number of benzene rings is 2. The van der Waals surface area contributed by atoms with E-state index < -0.39 is 0 Å². The van der Waals surface area contributed by atoms with E-state index in [2.05, 4.69) is 10.4 Å². The van der Waals surface area contributed by atoms with E-state index in [4.69, 9.17) is 9.47 Å². The predicted molar refractivity (Wildman–Crippen MR) is 102 cm³/mol. The van der Waals surface area contributed by atoms with Gasteiger partial charge < -0.3 is 14.8 Å². The van der Waals surface area contributed by atoms with Crippen molar-refractivity contribution < 1.29 is 18.4 Å². The molecule has 0 saturated heterocycles. The Balaban J connectivity index is 1.49. The quantitative estimate of drug-likeness (QED) is 0.555. The number of aryl methyl sites for hydroxylation is 1. The second kappa shape index (κ2) is 6.53. The summed E-state index contributed by atoms with van der Waals surface area (Å²) in [6, 6.07) is 14.5. The van der Waals surface area contributed by atoms with Crippen molar-refractivity contribution in [2.75, 3.05) is 12.1 Å². The van der Waals surface area contributed by atoms with E-state index in [0.29, 0.717) is 12.1 Å². The van der Waals surface area contributed by atoms with E-state index in [9.17, 15) is 4.39 Å². The molecule has 0 bridgehead atoms. The standard InChI is InChI=1S/C21H17FN4O2/c1-25-9-8-20(23-11-14-6-7-18-19(10-14)28-13-27-18)26-21(25)16(12-24-26)15-4-2-3-5-17(15)22/h2-10,12H,11,13H2,1H3/p+1. The molecule has 4 aromatic rings. The van der Waals surface area contributed by atoms with Crippen LogP contribution in [0.3, 0.4) is 0 Å². The molecule has 1 N–H and O–H groups in total. The number of halogens is 1. The smallest absolute Gasteiger partial charge is 0.318 e. The fourth-order valence-corrected chi connectivity index (χ4v) is 3.43. The van der Waals surface area contributed by atoms with Crippen LogP contribution in [0.1, 0.15) is 5.56 Å². The van der Waals surface area contributed by atoms with Crippen LogP contribution in [0.25, 0.3) is 16.8 Å². The van der Waals surface area contributed by atoms with Crippen molar-refractivity contribution in [2.24, 2.45) is 7.05 Å². The summed E-state index contributed by atoms with van der Waals surface area (Å²) in [6.45, 7) is 0.850. The maximum absolute atomic E-state index is 14.3. The summed E-state index contributed by atoms with van der Waals surface area (Å²) in [5.41, 5.74) is 3.14. The molecule has 0 spiro atoms. The fraction of sp³-hybridized carbons (Fsp3) is 0.143. The van der Waals surface area contributed by atoms with Crippen molar-refractivity contribution in [3.05, 3.63) is 72.3 Å². The zero-order valence-corrected chi connectivity index (χ0v) is 15.2. The van der Waals surface area contributed by atoms with Crippen LogP contribution in [-0.2, 0) is 13.6 Å². The van der Waals surface area contributed by atoms with Gasteiger partial charge in [-0.05, 0) is 23.8 Å². The van der Waals surface area contributed by atoms with Crippen LogP contribution in [0.4, 0.5) is 10.2 Å². The third-order valence-corrected chi connectivity index (χ3v) is 4.84. The minimum atomic E-state index is -0.267. The first-order valence-corrected chi connectivity index (χ1v) is 8.94. The topological polar surface area (TPSA) is 51.7 Å². The molecule has 1 aliphatic heterocycles. The van der Waals surface area contributed by atoms with Crippen molar-refractivity contribution in [1.29, 1.82) is 0 Å². The van der Waals surface area contributed by atoms with Gasteiger partial charge in [0, 0.05) is 18.2 Å². The zero-order valence-electron chi connectivity index (χ0n) is 15.2. The van der Waals surface area contributed by atoms with Crippen LogP contribution >= 0.6 is 0 Å². The van der Waals surface area contributed by atoms with Gasteiger partial charge >= 0.3 is 5.65 Å². The first-order chi connectivity index (χ1) is 13.7. The number of nitrogens with zero attached hydrogens (tertiary/aromatic N) is 3. The summed E-state index contributed by atoms with van der Waals surface area (Å²) >= 11 is 0. The molecule has 140 valence electrons. The van der Waals surface area contributed by atoms with Crippen molar-refractivity contribution in [2.45, 2.75) is 6.54 Å². The van der Waals surface area contributed by atoms with Crippen molar-refractivity contribution in [3.8, 4) is 22.6 Å². The largest absolute Gasteiger partial charge is 0.454 e. The number of aromatic nitrogens is 3. The van der Waals surface area contributed by atoms with Gasteiger partial charge in [0.05, 0.1) is 25.0 Å². The molecule has 3 heterocycles. The van der Waals surface area contributed by atoms with Crippen LogP contribution in [0.15, 0.2) is 60.9 Å². The molecule has 5 rings (SSSR count). The Labute approximate surface area is 160 Å². The molecule has 6 nitrogen and oxygen atoms in total. The SMILES string of the molecule is C[n+]1ccc(NCc2ccc3c(c2)OCO3)n2ncc(-c3ccccc3F)c21. The number of fused-ring (bicyclic) bond motifs is 2. The zero-order chi connectivity index (χ0) is 19.1. The highest BCUT2D eigenvalue weighted by Gasteiger charge is 2.22. The van der Waals surface area contributed by atoms with Crippen LogP contribution in [0, 0.1) is 5.82 Å². The molecule has 0 unspecified atom stereocenters. The first-order valence-electron chi connectivity index (χ1n) is 8.94. The molecular weight excluding hydrogens is 359 g/mol. The molecule has 0 radical (unpaired) electrons. The van der Waals surface area contributed by atoms with E-state index in [1.165, 1.54) is 6.07 Å². The van der Waals surface area contributed by atoms with Gasteiger partial charge in [-0.2, -0.15) is 0 Å². The molecule has 2 aromatic carbocycles. The Bertz CT molecular complexity index is 1190. The lowest BCUT2D eigenvalue weighted by atomic mass is 10.1. The van der Waals surface area contributed by atoms with E-state index in [1.54, 1.807) is 22.8 Å². The maximum atomic E-state index is 14.3. The molecule has 0 amide bonds. The number of hydrogen-bond acceptors (Lipinski definition) is 4. The first kappa shape index (κ1) is 16.6. The Hall–Kier alpha value is -3.61. The van der Waals surface area contributed by atoms with Gasteiger partial charge in [-0.1, -0.05) is 33.9 Å². The highest BCUT2D eigenvalue weighted by Crippen LogP contribution is 2.32. The second-order valence-corrected chi connectivity index (χ2v) is 6.63. The van der Waals surface area contributed by atoms with Crippen molar-refractivity contribution in [3.63, 3.8) is 0 Å². The Morgan fingerprint density at radius 3 is 2.86 bits per heavy atom. The summed E-state index contributed by atoms with van der Waals surface area (Å²) in [5.74, 6) is 2.06. The average molecular weight is 377 g/mol.